The zero-order valence-corrected chi connectivity index (χ0v) is 11.6. The zero-order valence-electron chi connectivity index (χ0n) is 11.6. The molecule has 1 aliphatic carbocycles. The highest BCUT2D eigenvalue weighted by Gasteiger charge is 2.23. The van der Waals surface area contributed by atoms with Crippen molar-refractivity contribution in [2.24, 2.45) is 5.92 Å². The van der Waals surface area contributed by atoms with Crippen LogP contribution in [-0.2, 0) is 4.79 Å². The maximum atomic E-state index is 12.0. The van der Waals surface area contributed by atoms with Crippen LogP contribution in [0.1, 0.15) is 36.5 Å². The summed E-state index contributed by atoms with van der Waals surface area (Å²) in [6.45, 7) is 2.04. The largest absolute Gasteiger partial charge is 0.393 e. The van der Waals surface area contributed by atoms with Gasteiger partial charge in [-0.15, -0.1) is 0 Å². The van der Waals surface area contributed by atoms with Crippen LogP contribution in [0.4, 0.5) is 5.69 Å². The first-order valence-corrected chi connectivity index (χ1v) is 6.88. The normalized spacial score (nSPS) is 21.5. The second kappa shape index (κ2) is 6.52. The maximum Gasteiger partial charge on any atom is 0.251 e. The second-order valence-corrected chi connectivity index (χ2v) is 5.30. The van der Waals surface area contributed by atoms with Crippen molar-refractivity contribution in [3.63, 3.8) is 0 Å². The Labute approximate surface area is 118 Å². The highest BCUT2D eigenvalue weighted by molar-refractivity contribution is 5.95. The molecule has 0 aromatic heterocycles. The molecule has 5 heteroatoms. The molecule has 3 N–H and O–H groups in total. The van der Waals surface area contributed by atoms with Crippen molar-refractivity contribution < 1.29 is 14.7 Å². The summed E-state index contributed by atoms with van der Waals surface area (Å²) in [6, 6.07) is 6.78. The van der Waals surface area contributed by atoms with Crippen LogP contribution in [0.3, 0.4) is 0 Å². The Hall–Kier alpha value is -1.88. The summed E-state index contributed by atoms with van der Waals surface area (Å²) in [5.74, 6) is 0.107. The summed E-state index contributed by atoms with van der Waals surface area (Å²) in [5, 5.41) is 15.0. The van der Waals surface area contributed by atoms with Gasteiger partial charge in [0.1, 0.15) is 0 Å². The van der Waals surface area contributed by atoms with Crippen molar-refractivity contribution in [2.45, 2.75) is 32.3 Å². The Morgan fingerprint density at radius 1 is 1.25 bits per heavy atom. The summed E-state index contributed by atoms with van der Waals surface area (Å²) in [7, 11) is 0. The Bertz CT molecular complexity index is 484. The van der Waals surface area contributed by atoms with E-state index in [4.69, 9.17) is 0 Å². The third kappa shape index (κ3) is 4.06. The van der Waals surface area contributed by atoms with Crippen LogP contribution in [0.25, 0.3) is 0 Å². The minimum absolute atomic E-state index is 0.124. The van der Waals surface area contributed by atoms with Crippen molar-refractivity contribution in [1.29, 1.82) is 0 Å². The Morgan fingerprint density at radius 3 is 2.50 bits per heavy atom. The molecule has 1 aromatic carbocycles. The SMILES string of the molecule is CC(=O)Nc1ccc(C(=O)NCC2CCC(O)C2)cc1. The van der Waals surface area contributed by atoms with E-state index in [1.807, 2.05) is 0 Å². The fourth-order valence-corrected chi connectivity index (χ4v) is 2.48. The van der Waals surface area contributed by atoms with E-state index in [1.54, 1.807) is 24.3 Å². The van der Waals surface area contributed by atoms with Gasteiger partial charge in [0, 0.05) is 24.7 Å². The monoisotopic (exact) mass is 276 g/mol. The number of nitrogens with one attached hydrogen (secondary N) is 2. The Balaban J connectivity index is 1.84. The quantitative estimate of drug-likeness (QED) is 0.780. The average molecular weight is 276 g/mol. The van der Waals surface area contributed by atoms with Crippen LogP contribution in [0, 0.1) is 5.92 Å². The number of benzene rings is 1. The van der Waals surface area contributed by atoms with Crippen LogP contribution >= 0.6 is 0 Å². The van der Waals surface area contributed by atoms with E-state index in [2.05, 4.69) is 10.6 Å². The lowest BCUT2D eigenvalue weighted by atomic mass is 10.1. The molecule has 20 heavy (non-hydrogen) atoms. The number of hydrogen-bond acceptors (Lipinski definition) is 3. The second-order valence-electron chi connectivity index (χ2n) is 5.30. The standard InChI is InChI=1S/C15H20N2O3/c1-10(18)17-13-5-3-12(4-6-13)15(20)16-9-11-2-7-14(19)8-11/h3-6,11,14,19H,2,7-9H2,1H3,(H,16,20)(H,17,18). The van der Waals surface area contributed by atoms with Gasteiger partial charge >= 0.3 is 0 Å². The van der Waals surface area contributed by atoms with Gasteiger partial charge in [-0.05, 0) is 49.4 Å². The molecule has 5 nitrogen and oxygen atoms in total. The van der Waals surface area contributed by atoms with Crippen LogP contribution in [0.5, 0.6) is 0 Å². The molecule has 2 amide bonds. The number of carbonyl (C=O) groups is 2. The van der Waals surface area contributed by atoms with E-state index in [0.29, 0.717) is 23.7 Å². The number of hydrogen-bond donors (Lipinski definition) is 3. The van der Waals surface area contributed by atoms with Gasteiger partial charge in [-0.3, -0.25) is 9.59 Å². The summed E-state index contributed by atoms with van der Waals surface area (Å²) in [5.41, 5.74) is 1.24. The predicted octanol–water partition coefficient (Wildman–Crippen LogP) is 1.54. The third-order valence-corrected chi connectivity index (χ3v) is 3.53. The van der Waals surface area contributed by atoms with Crippen molar-refractivity contribution in [1.82, 2.24) is 5.32 Å². The van der Waals surface area contributed by atoms with Gasteiger partial charge in [-0.25, -0.2) is 0 Å². The first-order chi connectivity index (χ1) is 9.54. The fourth-order valence-electron chi connectivity index (χ4n) is 2.48. The van der Waals surface area contributed by atoms with E-state index < -0.39 is 0 Å². The molecule has 1 aromatic rings. The van der Waals surface area contributed by atoms with Crippen LogP contribution in [0.2, 0.25) is 0 Å². The predicted molar refractivity (Wildman–Crippen MR) is 76.4 cm³/mol. The molecule has 0 saturated heterocycles. The third-order valence-electron chi connectivity index (χ3n) is 3.53. The number of anilines is 1. The lowest BCUT2D eigenvalue weighted by molar-refractivity contribution is -0.114. The topological polar surface area (TPSA) is 78.4 Å². The van der Waals surface area contributed by atoms with Crippen LogP contribution in [-0.4, -0.2) is 29.6 Å². The van der Waals surface area contributed by atoms with Gasteiger partial charge in [-0.1, -0.05) is 0 Å². The molecule has 2 rings (SSSR count). The molecular formula is C15H20N2O3. The molecule has 1 aliphatic rings. The molecule has 0 aliphatic heterocycles. The van der Waals surface area contributed by atoms with Crippen molar-refractivity contribution >= 4 is 17.5 Å². The summed E-state index contributed by atoms with van der Waals surface area (Å²) < 4.78 is 0. The summed E-state index contributed by atoms with van der Waals surface area (Å²) in [4.78, 5) is 22.9. The summed E-state index contributed by atoms with van der Waals surface area (Å²) in [6.07, 6.45) is 2.34. The van der Waals surface area contributed by atoms with E-state index >= 15 is 0 Å². The number of amides is 2. The van der Waals surface area contributed by atoms with Gasteiger partial charge < -0.3 is 15.7 Å². The van der Waals surface area contributed by atoms with Gasteiger partial charge in [0.15, 0.2) is 0 Å². The Morgan fingerprint density at radius 2 is 1.95 bits per heavy atom. The number of aliphatic hydroxyl groups excluding tert-OH is 1. The molecule has 1 saturated carbocycles. The fraction of sp³-hybridized carbons (Fsp3) is 0.467. The maximum absolute atomic E-state index is 12.0. The minimum atomic E-state index is -0.214. The number of rotatable bonds is 4. The number of aliphatic hydroxyl groups is 1. The van der Waals surface area contributed by atoms with E-state index in [1.165, 1.54) is 6.92 Å². The smallest absolute Gasteiger partial charge is 0.251 e. The molecular weight excluding hydrogens is 256 g/mol. The van der Waals surface area contributed by atoms with Crippen molar-refractivity contribution in [3.8, 4) is 0 Å². The zero-order chi connectivity index (χ0) is 14.5. The summed E-state index contributed by atoms with van der Waals surface area (Å²) >= 11 is 0. The minimum Gasteiger partial charge on any atom is -0.393 e. The highest BCUT2D eigenvalue weighted by atomic mass is 16.3. The van der Waals surface area contributed by atoms with E-state index in [0.717, 1.165) is 19.3 Å². The van der Waals surface area contributed by atoms with E-state index in [9.17, 15) is 14.7 Å². The molecule has 0 spiro atoms. The lowest BCUT2D eigenvalue weighted by Gasteiger charge is -2.11. The highest BCUT2D eigenvalue weighted by Crippen LogP contribution is 2.24. The van der Waals surface area contributed by atoms with Crippen LogP contribution < -0.4 is 10.6 Å². The van der Waals surface area contributed by atoms with Crippen molar-refractivity contribution in [3.05, 3.63) is 29.8 Å². The average Bonchev–Trinajstić information content (AvgIpc) is 2.82. The van der Waals surface area contributed by atoms with E-state index in [-0.39, 0.29) is 17.9 Å². The van der Waals surface area contributed by atoms with Crippen LogP contribution in [0.15, 0.2) is 24.3 Å². The van der Waals surface area contributed by atoms with Gasteiger partial charge in [-0.2, -0.15) is 0 Å². The molecule has 2 unspecified atom stereocenters. The molecule has 0 heterocycles. The van der Waals surface area contributed by atoms with Crippen molar-refractivity contribution in [2.75, 3.05) is 11.9 Å². The first kappa shape index (κ1) is 14.5. The van der Waals surface area contributed by atoms with Gasteiger partial charge in [0.2, 0.25) is 5.91 Å². The molecule has 0 bridgehead atoms. The molecule has 108 valence electrons. The Kier molecular flexibility index (Phi) is 4.74. The number of carbonyl (C=O) groups excluding carboxylic acids is 2. The molecule has 0 radical (unpaired) electrons. The first-order valence-electron chi connectivity index (χ1n) is 6.88. The van der Waals surface area contributed by atoms with Gasteiger partial charge in [0.05, 0.1) is 6.10 Å². The lowest BCUT2D eigenvalue weighted by Crippen LogP contribution is -2.28. The van der Waals surface area contributed by atoms with Gasteiger partial charge in [0.25, 0.3) is 5.91 Å². The molecule has 1 fully saturated rings. The molecule has 2 atom stereocenters.